The van der Waals surface area contributed by atoms with Gasteiger partial charge in [0, 0.05) is 17.8 Å². The fourth-order valence-electron chi connectivity index (χ4n) is 2.11. The molecule has 0 bridgehead atoms. The molecule has 2 aromatic rings. The molecule has 0 fully saturated rings. The SMILES string of the molecule is COc1ccc(NC(C)c2cc(O)cc(O)c2)c(C)c1. The maximum absolute atomic E-state index is 9.53. The molecule has 1 atom stereocenters. The van der Waals surface area contributed by atoms with Crippen LogP contribution in [0.1, 0.15) is 24.1 Å². The summed E-state index contributed by atoms with van der Waals surface area (Å²) < 4.78 is 5.18. The summed E-state index contributed by atoms with van der Waals surface area (Å²) in [7, 11) is 1.64. The van der Waals surface area contributed by atoms with Gasteiger partial charge in [-0.1, -0.05) is 0 Å². The lowest BCUT2D eigenvalue weighted by molar-refractivity contribution is 0.414. The number of rotatable bonds is 4. The molecule has 0 aromatic heterocycles. The summed E-state index contributed by atoms with van der Waals surface area (Å²) in [5.41, 5.74) is 2.87. The molecule has 3 N–H and O–H groups in total. The molecule has 0 saturated heterocycles. The van der Waals surface area contributed by atoms with Gasteiger partial charge in [0.25, 0.3) is 0 Å². The van der Waals surface area contributed by atoms with Crippen molar-refractivity contribution < 1.29 is 14.9 Å². The Hall–Kier alpha value is -2.36. The number of phenols is 2. The molecule has 0 aliphatic carbocycles. The molecular weight excluding hydrogens is 254 g/mol. The minimum Gasteiger partial charge on any atom is -0.508 e. The van der Waals surface area contributed by atoms with Crippen LogP contribution >= 0.6 is 0 Å². The first-order valence-electron chi connectivity index (χ1n) is 6.43. The average Bonchev–Trinajstić information content (AvgIpc) is 2.39. The van der Waals surface area contributed by atoms with Gasteiger partial charge in [-0.2, -0.15) is 0 Å². The van der Waals surface area contributed by atoms with E-state index in [-0.39, 0.29) is 17.5 Å². The smallest absolute Gasteiger partial charge is 0.119 e. The number of hydrogen-bond acceptors (Lipinski definition) is 4. The second-order valence-corrected chi connectivity index (χ2v) is 4.83. The highest BCUT2D eigenvalue weighted by Crippen LogP contribution is 2.29. The minimum atomic E-state index is -0.0416. The molecule has 0 aliphatic heterocycles. The van der Waals surface area contributed by atoms with Crippen LogP contribution in [0.2, 0.25) is 0 Å². The van der Waals surface area contributed by atoms with E-state index in [4.69, 9.17) is 4.74 Å². The molecule has 106 valence electrons. The summed E-state index contributed by atoms with van der Waals surface area (Å²) in [5, 5.41) is 22.4. The summed E-state index contributed by atoms with van der Waals surface area (Å²) in [4.78, 5) is 0. The molecule has 0 amide bonds. The predicted octanol–water partition coefficient (Wildman–Crippen LogP) is 3.59. The van der Waals surface area contributed by atoms with Crippen molar-refractivity contribution in [3.05, 3.63) is 47.5 Å². The Morgan fingerprint density at radius 2 is 1.70 bits per heavy atom. The van der Waals surface area contributed by atoms with Crippen molar-refractivity contribution in [3.8, 4) is 17.2 Å². The van der Waals surface area contributed by atoms with Crippen LogP contribution < -0.4 is 10.1 Å². The number of ether oxygens (including phenoxy) is 1. The van der Waals surface area contributed by atoms with E-state index < -0.39 is 0 Å². The molecule has 4 nitrogen and oxygen atoms in total. The predicted molar refractivity (Wildman–Crippen MR) is 79.5 cm³/mol. The van der Waals surface area contributed by atoms with Crippen LogP contribution in [0.25, 0.3) is 0 Å². The Morgan fingerprint density at radius 1 is 1.05 bits per heavy atom. The van der Waals surface area contributed by atoms with Crippen molar-refractivity contribution in [2.24, 2.45) is 0 Å². The van der Waals surface area contributed by atoms with Gasteiger partial charge in [0.1, 0.15) is 17.2 Å². The lowest BCUT2D eigenvalue weighted by atomic mass is 10.1. The second kappa shape index (κ2) is 5.74. The lowest BCUT2D eigenvalue weighted by Crippen LogP contribution is -2.07. The van der Waals surface area contributed by atoms with Gasteiger partial charge in [-0.05, 0) is 55.3 Å². The number of benzene rings is 2. The van der Waals surface area contributed by atoms with E-state index in [1.165, 1.54) is 6.07 Å². The van der Waals surface area contributed by atoms with E-state index in [9.17, 15) is 10.2 Å². The van der Waals surface area contributed by atoms with Crippen molar-refractivity contribution in [2.75, 3.05) is 12.4 Å². The largest absolute Gasteiger partial charge is 0.508 e. The average molecular weight is 273 g/mol. The summed E-state index contributed by atoms with van der Waals surface area (Å²) in [6, 6.07) is 10.3. The van der Waals surface area contributed by atoms with Gasteiger partial charge in [-0.25, -0.2) is 0 Å². The molecule has 0 radical (unpaired) electrons. The Labute approximate surface area is 118 Å². The normalized spacial score (nSPS) is 11.9. The molecule has 20 heavy (non-hydrogen) atoms. The fraction of sp³-hybridized carbons (Fsp3) is 0.250. The molecule has 2 aromatic carbocycles. The van der Waals surface area contributed by atoms with Crippen LogP contribution in [-0.2, 0) is 0 Å². The molecular formula is C16H19NO3. The third-order valence-electron chi connectivity index (χ3n) is 3.23. The highest BCUT2D eigenvalue weighted by atomic mass is 16.5. The van der Waals surface area contributed by atoms with E-state index in [0.717, 1.165) is 22.6 Å². The number of nitrogens with one attached hydrogen (secondary N) is 1. The first kappa shape index (κ1) is 14.1. The zero-order chi connectivity index (χ0) is 14.7. The Morgan fingerprint density at radius 3 is 2.25 bits per heavy atom. The first-order valence-corrected chi connectivity index (χ1v) is 6.43. The monoisotopic (exact) mass is 273 g/mol. The molecule has 0 heterocycles. The number of anilines is 1. The van der Waals surface area contributed by atoms with Crippen molar-refractivity contribution in [1.82, 2.24) is 0 Å². The van der Waals surface area contributed by atoms with Gasteiger partial charge in [0.15, 0.2) is 0 Å². The maximum Gasteiger partial charge on any atom is 0.119 e. The van der Waals surface area contributed by atoms with Gasteiger partial charge in [-0.15, -0.1) is 0 Å². The summed E-state index contributed by atoms with van der Waals surface area (Å²) in [5.74, 6) is 0.927. The van der Waals surface area contributed by atoms with Gasteiger partial charge >= 0.3 is 0 Å². The van der Waals surface area contributed by atoms with E-state index in [1.54, 1.807) is 19.2 Å². The van der Waals surface area contributed by atoms with Crippen molar-refractivity contribution in [1.29, 1.82) is 0 Å². The standard InChI is InChI=1S/C16H19NO3/c1-10-6-15(20-3)4-5-16(10)17-11(2)12-7-13(18)9-14(19)8-12/h4-9,11,17-19H,1-3H3. The van der Waals surface area contributed by atoms with Crippen LogP contribution in [0, 0.1) is 6.92 Å². The zero-order valence-electron chi connectivity index (χ0n) is 11.8. The highest BCUT2D eigenvalue weighted by Gasteiger charge is 2.09. The lowest BCUT2D eigenvalue weighted by Gasteiger charge is -2.18. The van der Waals surface area contributed by atoms with E-state index in [0.29, 0.717) is 0 Å². The number of phenolic OH excluding ortho intramolecular Hbond substituents is 2. The molecule has 4 heteroatoms. The Kier molecular flexibility index (Phi) is 4.03. The van der Waals surface area contributed by atoms with E-state index in [1.807, 2.05) is 32.0 Å². The molecule has 0 aliphatic rings. The number of hydrogen-bond donors (Lipinski definition) is 3. The first-order chi connectivity index (χ1) is 9.49. The fourth-order valence-corrected chi connectivity index (χ4v) is 2.11. The van der Waals surface area contributed by atoms with Gasteiger partial charge in [-0.3, -0.25) is 0 Å². The number of aryl methyl sites for hydroxylation is 1. The summed E-state index contributed by atoms with van der Waals surface area (Å²) in [6.07, 6.45) is 0. The van der Waals surface area contributed by atoms with Gasteiger partial charge in [0.2, 0.25) is 0 Å². The highest BCUT2D eigenvalue weighted by molar-refractivity contribution is 5.55. The maximum atomic E-state index is 9.53. The van der Waals surface area contributed by atoms with Gasteiger partial charge in [0.05, 0.1) is 7.11 Å². The van der Waals surface area contributed by atoms with Crippen LogP contribution in [-0.4, -0.2) is 17.3 Å². The Bertz CT molecular complexity index is 590. The van der Waals surface area contributed by atoms with Crippen LogP contribution in [0.15, 0.2) is 36.4 Å². The zero-order valence-corrected chi connectivity index (χ0v) is 11.8. The topological polar surface area (TPSA) is 61.7 Å². The quantitative estimate of drug-likeness (QED) is 0.796. The third-order valence-corrected chi connectivity index (χ3v) is 3.23. The van der Waals surface area contributed by atoms with Crippen molar-refractivity contribution in [2.45, 2.75) is 19.9 Å². The summed E-state index contributed by atoms with van der Waals surface area (Å²) in [6.45, 7) is 3.97. The molecule has 0 saturated carbocycles. The third kappa shape index (κ3) is 3.15. The number of aromatic hydroxyl groups is 2. The van der Waals surface area contributed by atoms with Crippen LogP contribution in [0.3, 0.4) is 0 Å². The Balaban J connectivity index is 2.20. The van der Waals surface area contributed by atoms with Gasteiger partial charge < -0.3 is 20.3 Å². The van der Waals surface area contributed by atoms with Crippen molar-refractivity contribution in [3.63, 3.8) is 0 Å². The molecule has 1 unspecified atom stereocenters. The van der Waals surface area contributed by atoms with E-state index in [2.05, 4.69) is 5.32 Å². The summed E-state index contributed by atoms with van der Waals surface area (Å²) >= 11 is 0. The van der Waals surface area contributed by atoms with E-state index >= 15 is 0 Å². The molecule has 2 rings (SSSR count). The van der Waals surface area contributed by atoms with Crippen LogP contribution in [0.5, 0.6) is 17.2 Å². The van der Waals surface area contributed by atoms with Crippen LogP contribution in [0.4, 0.5) is 5.69 Å². The second-order valence-electron chi connectivity index (χ2n) is 4.83. The number of methoxy groups -OCH3 is 1. The van der Waals surface area contributed by atoms with Crippen molar-refractivity contribution >= 4 is 5.69 Å². The molecule has 0 spiro atoms. The minimum absolute atomic E-state index is 0.0416.